The van der Waals surface area contributed by atoms with Crippen molar-refractivity contribution in [2.24, 2.45) is 0 Å². The van der Waals surface area contributed by atoms with Gasteiger partial charge in [0, 0.05) is 51.0 Å². The SMILES string of the molecule is COc1ccc(CN2CC[C@@H](Nc3ccc(C=CC(=O)NOC4CCCCO4)cn3)C2)cc1. The van der Waals surface area contributed by atoms with Crippen LogP contribution in [0.1, 0.15) is 36.8 Å². The number of amides is 1. The molecule has 2 N–H and O–H groups in total. The van der Waals surface area contributed by atoms with E-state index in [1.54, 1.807) is 19.4 Å². The largest absolute Gasteiger partial charge is 0.497 e. The number of nitrogens with one attached hydrogen (secondary N) is 2. The quantitative estimate of drug-likeness (QED) is 0.446. The van der Waals surface area contributed by atoms with Crippen molar-refractivity contribution in [3.05, 3.63) is 59.8 Å². The molecule has 2 atom stereocenters. The summed E-state index contributed by atoms with van der Waals surface area (Å²) in [6, 6.07) is 12.5. The first-order valence-corrected chi connectivity index (χ1v) is 11.5. The molecule has 2 aliphatic heterocycles. The summed E-state index contributed by atoms with van der Waals surface area (Å²) in [5.74, 6) is 1.40. The van der Waals surface area contributed by atoms with Gasteiger partial charge in [-0.05, 0) is 60.7 Å². The molecule has 1 aromatic carbocycles. The maximum Gasteiger partial charge on any atom is 0.267 e. The Bertz CT molecular complexity index is 911. The van der Waals surface area contributed by atoms with E-state index in [1.807, 2.05) is 24.3 Å². The monoisotopic (exact) mass is 452 g/mol. The Balaban J connectivity index is 1.19. The molecule has 1 aromatic heterocycles. The van der Waals surface area contributed by atoms with Crippen molar-refractivity contribution in [3.63, 3.8) is 0 Å². The highest BCUT2D eigenvalue weighted by Crippen LogP contribution is 2.19. The van der Waals surface area contributed by atoms with Gasteiger partial charge in [0.1, 0.15) is 11.6 Å². The number of benzene rings is 1. The summed E-state index contributed by atoms with van der Waals surface area (Å²) in [7, 11) is 1.68. The van der Waals surface area contributed by atoms with Crippen LogP contribution in [-0.2, 0) is 20.9 Å². The lowest BCUT2D eigenvalue weighted by atomic mass is 10.2. The van der Waals surface area contributed by atoms with Crippen LogP contribution >= 0.6 is 0 Å². The molecule has 0 aliphatic carbocycles. The van der Waals surface area contributed by atoms with E-state index in [9.17, 15) is 4.79 Å². The summed E-state index contributed by atoms with van der Waals surface area (Å²) in [5.41, 5.74) is 4.54. The highest BCUT2D eigenvalue weighted by molar-refractivity contribution is 5.90. The van der Waals surface area contributed by atoms with E-state index in [0.717, 1.165) is 62.4 Å². The van der Waals surface area contributed by atoms with Gasteiger partial charge in [-0.15, -0.1) is 0 Å². The number of carbonyl (C=O) groups excluding carboxylic acids is 1. The average molecular weight is 453 g/mol. The fourth-order valence-corrected chi connectivity index (χ4v) is 4.02. The van der Waals surface area contributed by atoms with E-state index in [2.05, 4.69) is 32.8 Å². The zero-order chi connectivity index (χ0) is 22.9. The number of hydrogen-bond donors (Lipinski definition) is 2. The first kappa shape index (κ1) is 23.2. The summed E-state index contributed by atoms with van der Waals surface area (Å²) < 4.78 is 10.6. The third kappa shape index (κ3) is 7.28. The molecule has 33 heavy (non-hydrogen) atoms. The minimum absolute atomic E-state index is 0.325. The van der Waals surface area contributed by atoms with Gasteiger partial charge in [-0.2, -0.15) is 0 Å². The maximum atomic E-state index is 11.9. The molecule has 8 nitrogen and oxygen atoms in total. The molecule has 0 bridgehead atoms. The molecule has 2 aliphatic rings. The van der Waals surface area contributed by atoms with Crippen LogP contribution in [-0.4, -0.2) is 54.9 Å². The molecule has 0 radical (unpaired) electrons. The van der Waals surface area contributed by atoms with E-state index in [-0.39, 0.29) is 12.2 Å². The fourth-order valence-electron chi connectivity index (χ4n) is 4.02. The summed E-state index contributed by atoms with van der Waals surface area (Å²) in [4.78, 5) is 24.1. The number of anilines is 1. The summed E-state index contributed by atoms with van der Waals surface area (Å²) in [6.07, 6.45) is 8.49. The van der Waals surface area contributed by atoms with Crippen molar-refractivity contribution in [2.75, 3.05) is 32.1 Å². The van der Waals surface area contributed by atoms with Gasteiger partial charge < -0.3 is 14.8 Å². The number of carbonyl (C=O) groups is 1. The first-order valence-electron chi connectivity index (χ1n) is 11.5. The molecule has 4 rings (SSSR count). The number of hydrogen-bond acceptors (Lipinski definition) is 7. The summed E-state index contributed by atoms with van der Waals surface area (Å²) >= 11 is 0. The smallest absolute Gasteiger partial charge is 0.267 e. The lowest BCUT2D eigenvalue weighted by Gasteiger charge is -2.21. The van der Waals surface area contributed by atoms with E-state index in [1.165, 1.54) is 11.6 Å². The molecule has 2 fully saturated rings. The Morgan fingerprint density at radius 3 is 2.82 bits per heavy atom. The van der Waals surface area contributed by atoms with Crippen LogP contribution in [0.25, 0.3) is 6.08 Å². The molecular weight excluding hydrogens is 420 g/mol. The molecule has 0 saturated carbocycles. The topological polar surface area (TPSA) is 85.0 Å². The average Bonchev–Trinajstić information content (AvgIpc) is 3.30. The molecule has 1 amide bonds. The van der Waals surface area contributed by atoms with Crippen molar-refractivity contribution in [1.82, 2.24) is 15.4 Å². The number of nitrogens with zero attached hydrogens (tertiary/aromatic N) is 2. The van der Waals surface area contributed by atoms with Crippen LogP contribution in [0.15, 0.2) is 48.7 Å². The minimum atomic E-state index is -0.356. The van der Waals surface area contributed by atoms with Crippen molar-refractivity contribution in [1.29, 1.82) is 0 Å². The van der Waals surface area contributed by atoms with Crippen molar-refractivity contribution < 1.29 is 19.1 Å². The zero-order valence-electron chi connectivity index (χ0n) is 19.0. The Hall–Kier alpha value is -2.94. The van der Waals surface area contributed by atoms with E-state index >= 15 is 0 Å². The number of hydroxylamine groups is 1. The molecule has 2 saturated heterocycles. The van der Waals surface area contributed by atoms with E-state index in [0.29, 0.717) is 12.6 Å². The molecule has 0 spiro atoms. The fraction of sp³-hybridized carbons (Fsp3) is 0.440. The molecular formula is C25H32N4O4. The summed E-state index contributed by atoms with van der Waals surface area (Å²) in [5, 5.41) is 3.51. The molecule has 1 unspecified atom stereocenters. The standard InChI is InChI=1S/C25H32N4O4/c1-31-22-9-5-20(6-10-22)17-29-14-13-21(18-29)27-23-11-7-19(16-26-23)8-12-24(30)28-33-25-4-2-3-15-32-25/h5-12,16,21,25H,2-4,13-15,17-18H2,1H3,(H,26,27)(H,28,30)/t21-,25?/m1/s1. The molecule has 3 heterocycles. The van der Waals surface area contributed by atoms with Crippen LogP contribution in [0.3, 0.4) is 0 Å². The first-order chi connectivity index (χ1) is 16.2. The predicted octanol–water partition coefficient (Wildman–Crippen LogP) is 3.36. The van der Waals surface area contributed by atoms with Crippen LogP contribution in [0.5, 0.6) is 5.75 Å². The lowest BCUT2D eigenvalue weighted by Crippen LogP contribution is -2.32. The second-order valence-corrected chi connectivity index (χ2v) is 8.40. The van der Waals surface area contributed by atoms with Gasteiger partial charge in [0.05, 0.1) is 7.11 Å². The summed E-state index contributed by atoms with van der Waals surface area (Å²) in [6.45, 7) is 3.62. The number of methoxy groups -OCH3 is 1. The second-order valence-electron chi connectivity index (χ2n) is 8.40. The van der Waals surface area contributed by atoms with Crippen LogP contribution < -0.4 is 15.5 Å². The number of rotatable bonds is 9. The van der Waals surface area contributed by atoms with Crippen molar-refractivity contribution >= 4 is 17.8 Å². The van der Waals surface area contributed by atoms with Crippen LogP contribution in [0.4, 0.5) is 5.82 Å². The lowest BCUT2D eigenvalue weighted by molar-refractivity contribution is -0.198. The van der Waals surface area contributed by atoms with Gasteiger partial charge in [-0.1, -0.05) is 12.1 Å². The normalized spacial score (nSPS) is 21.2. The number of likely N-dealkylation sites (tertiary alicyclic amines) is 1. The maximum absolute atomic E-state index is 11.9. The second kappa shape index (κ2) is 11.8. The van der Waals surface area contributed by atoms with Crippen molar-refractivity contribution in [3.8, 4) is 5.75 Å². The van der Waals surface area contributed by atoms with E-state index < -0.39 is 0 Å². The predicted molar refractivity (Wildman–Crippen MR) is 126 cm³/mol. The third-order valence-corrected chi connectivity index (χ3v) is 5.83. The van der Waals surface area contributed by atoms with Gasteiger partial charge in [-0.3, -0.25) is 9.69 Å². The third-order valence-electron chi connectivity index (χ3n) is 5.83. The van der Waals surface area contributed by atoms with Gasteiger partial charge in [-0.25, -0.2) is 15.3 Å². The van der Waals surface area contributed by atoms with Gasteiger partial charge in [0.2, 0.25) is 0 Å². The Labute approximate surface area is 194 Å². The Morgan fingerprint density at radius 2 is 2.09 bits per heavy atom. The minimum Gasteiger partial charge on any atom is -0.497 e. The Morgan fingerprint density at radius 1 is 1.21 bits per heavy atom. The Kier molecular flexibility index (Phi) is 8.30. The number of aromatic nitrogens is 1. The van der Waals surface area contributed by atoms with Crippen LogP contribution in [0, 0.1) is 0 Å². The van der Waals surface area contributed by atoms with Crippen molar-refractivity contribution in [2.45, 2.75) is 44.6 Å². The highest BCUT2D eigenvalue weighted by atomic mass is 16.8. The molecule has 2 aromatic rings. The highest BCUT2D eigenvalue weighted by Gasteiger charge is 2.22. The number of ether oxygens (including phenoxy) is 2. The van der Waals surface area contributed by atoms with E-state index in [4.69, 9.17) is 14.3 Å². The van der Waals surface area contributed by atoms with Gasteiger partial charge in [0.15, 0.2) is 6.29 Å². The van der Waals surface area contributed by atoms with Gasteiger partial charge in [0.25, 0.3) is 5.91 Å². The van der Waals surface area contributed by atoms with Crippen LogP contribution in [0.2, 0.25) is 0 Å². The number of pyridine rings is 1. The zero-order valence-corrected chi connectivity index (χ0v) is 19.0. The molecule has 8 heteroatoms. The van der Waals surface area contributed by atoms with Gasteiger partial charge >= 0.3 is 0 Å². The molecule has 176 valence electrons.